The average Bonchev–Trinajstić information content (AvgIpc) is 2.89. The van der Waals surface area contributed by atoms with Gasteiger partial charge in [-0.1, -0.05) is 6.92 Å². The van der Waals surface area contributed by atoms with Crippen molar-refractivity contribution in [3.8, 4) is 5.75 Å². The molecule has 0 amide bonds. The van der Waals surface area contributed by atoms with Crippen LogP contribution in [0.25, 0.3) is 10.1 Å². The molecule has 1 aromatic carbocycles. The Balaban J connectivity index is 2.16. The van der Waals surface area contributed by atoms with Crippen LogP contribution in [0.4, 0.5) is 11.4 Å². The summed E-state index contributed by atoms with van der Waals surface area (Å²) in [7, 11) is 0. The molecule has 3 rings (SSSR count). The maximum absolute atomic E-state index is 10.1. The molecule has 0 aliphatic heterocycles. The lowest BCUT2D eigenvalue weighted by Crippen LogP contribution is -1.82. The first-order valence-corrected chi connectivity index (χ1v) is 7.44. The van der Waals surface area contributed by atoms with Gasteiger partial charge in [0.25, 0.3) is 0 Å². The Labute approximate surface area is 126 Å². The van der Waals surface area contributed by atoms with Crippen LogP contribution in [0.3, 0.4) is 0 Å². The summed E-state index contributed by atoms with van der Waals surface area (Å²) in [5.41, 5.74) is 2.45. The van der Waals surface area contributed by atoms with Gasteiger partial charge < -0.3 is 5.11 Å². The highest BCUT2D eigenvalue weighted by Gasteiger charge is 2.13. The molecule has 21 heavy (non-hydrogen) atoms. The maximum atomic E-state index is 10.1. The van der Waals surface area contributed by atoms with Crippen molar-refractivity contribution in [1.29, 1.82) is 0 Å². The van der Waals surface area contributed by atoms with Crippen molar-refractivity contribution in [3.05, 3.63) is 41.0 Å². The fourth-order valence-electron chi connectivity index (χ4n) is 2.17. The molecule has 0 saturated carbocycles. The number of aromatic nitrogens is 2. The third-order valence-corrected chi connectivity index (χ3v) is 4.23. The minimum Gasteiger partial charge on any atom is -0.507 e. The maximum Gasteiger partial charge on any atom is 0.124 e. The topological polar surface area (TPSA) is 70.7 Å². The summed E-state index contributed by atoms with van der Waals surface area (Å²) < 4.78 is 0.968. The Kier molecular flexibility index (Phi) is 3.62. The van der Waals surface area contributed by atoms with Gasteiger partial charge >= 0.3 is 0 Å². The number of aryl methyl sites for hydroxylation is 2. The van der Waals surface area contributed by atoms with E-state index in [9.17, 15) is 5.11 Å². The molecule has 0 aliphatic rings. The minimum atomic E-state index is 0.302. The predicted octanol–water partition coefficient (Wildman–Crippen LogP) is 4.68. The van der Waals surface area contributed by atoms with Crippen LogP contribution in [-0.4, -0.2) is 15.3 Å². The van der Waals surface area contributed by atoms with Crippen LogP contribution in [-0.2, 0) is 6.42 Å². The lowest BCUT2D eigenvalue weighted by atomic mass is 10.1. The lowest BCUT2D eigenvalue weighted by Gasteiger charge is -2.05. The van der Waals surface area contributed by atoms with E-state index < -0.39 is 0 Å². The Bertz CT molecular complexity index is 811. The first-order valence-electron chi connectivity index (χ1n) is 6.62. The van der Waals surface area contributed by atoms with Crippen molar-refractivity contribution in [2.24, 2.45) is 10.2 Å². The third kappa shape index (κ3) is 2.62. The molecular formula is C15H14N4OS. The summed E-state index contributed by atoms with van der Waals surface area (Å²) in [4.78, 5) is 1.13. The molecule has 0 radical (unpaired) electrons. The van der Waals surface area contributed by atoms with E-state index in [1.165, 1.54) is 0 Å². The number of phenolic OH excluding ortho intramolecular Hbond substituents is 1. The van der Waals surface area contributed by atoms with Gasteiger partial charge in [0, 0.05) is 10.3 Å². The van der Waals surface area contributed by atoms with Crippen LogP contribution < -0.4 is 0 Å². The van der Waals surface area contributed by atoms with Gasteiger partial charge in [0.05, 0.1) is 17.1 Å². The highest BCUT2D eigenvalue weighted by Crippen LogP contribution is 2.42. The molecule has 0 fully saturated rings. The van der Waals surface area contributed by atoms with E-state index in [0.29, 0.717) is 11.4 Å². The number of hydrogen-bond acceptors (Lipinski definition) is 6. The first-order chi connectivity index (χ1) is 10.2. The molecule has 3 aromatic rings. The zero-order valence-corrected chi connectivity index (χ0v) is 12.6. The molecule has 106 valence electrons. The molecule has 0 saturated heterocycles. The Morgan fingerprint density at radius 3 is 2.81 bits per heavy atom. The zero-order valence-electron chi connectivity index (χ0n) is 11.7. The summed E-state index contributed by atoms with van der Waals surface area (Å²) >= 11 is 1.62. The molecule has 0 bridgehead atoms. The largest absolute Gasteiger partial charge is 0.507 e. The number of fused-ring (bicyclic) bond motifs is 1. The van der Waals surface area contributed by atoms with Crippen molar-refractivity contribution >= 4 is 32.8 Å². The van der Waals surface area contributed by atoms with Crippen molar-refractivity contribution in [3.63, 3.8) is 0 Å². The van der Waals surface area contributed by atoms with E-state index in [-0.39, 0.29) is 0 Å². The van der Waals surface area contributed by atoms with E-state index in [4.69, 9.17) is 0 Å². The normalized spacial score (nSPS) is 11.5. The fraction of sp³-hybridized carbons (Fsp3) is 0.200. The van der Waals surface area contributed by atoms with Crippen molar-refractivity contribution in [1.82, 2.24) is 10.2 Å². The number of aromatic hydroxyl groups is 1. The highest BCUT2D eigenvalue weighted by molar-refractivity contribution is 7.19. The zero-order chi connectivity index (χ0) is 14.8. The van der Waals surface area contributed by atoms with Gasteiger partial charge in [0.15, 0.2) is 0 Å². The van der Waals surface area contributed by atoms with Crippen molar-refractivity contribution in [2.75, 3.05) is 0 Å². The van der Waals surface area contributed by atoms with Crippen LogP contribution in [0, 0.1) is 6.92 Å². The molecule has 0 aliphatic carbocycles. The average molecular weight is 298 g/mol. The molecule has 5 nitrogen and oxygen atoms in total. The molecule has 1 N–H and O–H groups in total. The number of thiophene rings is 1. The number of rotatable bonds is 3. The summed E-state index contributed by atoms with van der Waals surface area (Å²) in [6.45, 7) is 4.05. The molecule has 0 unspecified atom stereocenters. The van der Waals surface area contributed by atoms with E-state index in [0.717, 1.165) is 32.6 Å². The summed E-state index contributed by atoms with van der Waals surface area (Å²) in [6, 6.07) is 5.49. The van der Waals surface area contributed by atoms with Crippen LogP contribution in [0.2, 0.25) is 0 Å². The quantitative estimate of drug-likeness (QED) is 0.713. The van der Waals surface area contributed by atoms with Crippen molar-refractivity contribution < 1.29 is 5.11 Å². The molecule has 2 heterocycles. The van der Waals surface area contributed by atoms with Crippen LogP contribution in [0.15, 0.2) is 40.8 Å². The molecule has 0 atom stereocenters. The summed E-state index contributed by atoms with van der Waals surface area (Å²) in [5, 5.41) is 27.1. The SMILES string of the molecule is CCc1cc(O)c2cc(C)sc2c1/N=N/c1ccnnc1. The standard InChI is InChI=1S/C15H14N4OS/c1-3-10-7-13(20)12-6-9(2)21-15(12)14(10)19-18-11-4-5-16-17-8-11/h4-8,20H,3H2,1-2H3/b19-18+. The van der Waals surface area contributed by atoms with Gasteiger partial charge in [0.1, 0.15) is 17.1 Å². The second-order valence-electron chi connectivity index (χ2n) is 4.66. The second kappa shape index (κ2) is 5.57. The molecule has 0 spiro atoms. The number of azo groups is 1. The number of hydrogen-bond donors (Lipinski definition) is 1. The highest BCUT2D eigenvalue weighted by atomic mass is 32.1. The lowest BCUT2D eigenvalue weighted by molar-refractivity contribution is 0.481. The van der Waals surface area contributed by atoms with Crippen molar-refractivity contribution in [2.45, 2.75) is 20.3 Å². The van der Waals surface area contributed by atoms with Gasteiger partial charge in [-0.3, -0.25) is 0 Å². The second-order valence-corrected chi connectivity index (χ2v) is 5.91. The monoisotopic (exact) mass is 298 g/mol. The van der Waals surface area contributed by atoms with E-state index >= 15 is 0 Å². The Morgan fingerprint density at radius 1 is 1.24 bits per heavy atom. The molecule has 6 heteroatoms. The summed E-state index contributed by atoms with van der Waals surface area (Å²) in [6.07, 6.45) is 3.92. The first kappa shape index (κ1) is 13.6. The minimum absolute atomic E-state index is 0.302. The van der Waals surface area contributed by atoms with Crippen LogP contribution in [0.5, 0.6) is 5.75 Å². The van der Waals surface area contributed by atoms with Gasteiger partial charge in [-0.2, -0.15) is 10.2 Å². The van der Waals surface area contributed by atoms with E-state index in [1.807, 2.05) is 19.9 Å². The predicted molar refractivity (Wildman–Crippen MR) is 83.8 cm³/mol. The molecular weight excluding hydrogens is 284 g/mol. The smallest absolute Gasteiger partial charge is 0.124 e. The Morgan fingerprint density at radius 2 is 2.10 bits per heavy atom. The van der Waals surface area contributed by atoms with Crippen LogP contribution in [0.1, 0.15) is 17.4 Å². The number of benzene rings is 1. The van der Waals surface area contributed by atoms with E-state index in [1.54, 1.807) is 35.9 Å². The molecule has 2 aromatic heterocycles. The summed E-state index contributed by atoms with van der Waals surface area (Å²) in [5.74, 6) is 0.302. The number of phenols is 1. The van der Waals surface area contributed by atoms with Gasteiger partial charge in [-0.05, 0) is 37.1 Å². The number of nitrogens with zero attached hydrogens (tertiary/aromatic N) is 4. The third-order valence-electron chi connectivity index (χ3n) is 3.18. The van der Waals surface area contributed by atoms with E-state index in [2.05, 4.69) is 20.4 Å². The van der Waals surface area contributed by atoms with Gasteiger partial charge in [-0.15, -0.1) is 21.6 Å². The van der Waals surface area contributed by atoms with Gasteiger partial charge in [-0.25, -0.2) is 0 Å². The Hall–Kier alpha value is -2.34. The van der Waals surface area contributed by atoms with Crippen LogP contribution >= 0.6 is 11.3 Å². The van der Waals surface area contributed by atoms with Gasteiger partial charge in [0.2, 0.25) is 0 Å². The fourth-order valence-corrected chi connectivity index (χ4v) is 3.21.